The maximum atomic E-state index is 12.6. The number of likely N-dealkylation sites (N-methyl/N-ethyl adjacent to an activating group) is 2. The summed E-state index contributed by atoms with van der Waals surface area (Å²) in [5.74, 6) is -1.58. The van der Waals surface area contributed by atoms with Crippen LogP contribution >= 0.6 is 0 Å². The van der Waals surface area contributed by atoms with Crippen LogP contribution in [0.4, 0.5) is 0 Å². The number of nitrogens with zero attached hydrogens (tertiary/aromatic N) is 2. The molecule has 0 bridgehead atoms. The number of hydrogen-bond acceptors (Lipinski definition) is 3. The molecule has 120 valence electrons. The topological polar surface area (TPSA) is 60.9 Å². The van der Waals surface area contributed by atoms with Crippen LogP contribution in [0, 0.1) is 11.8 Å². The Morgan fingerprint density at radius 3 is 2.43 bits per heavy atom. The number of carbonyl (C=O) groups is 2. The molecule has 0 aromatic rings. The normalized spacial score (nSPS) is 30.3. The van der Waals surface area contributed by atoms with Crippen molar-refractivity contribution < 1.29 is 14.7 Å². The number of carboxylic acids is 1. The standard InChI is InChI=1S/C16H28N2O3/c1-3-18-10-6-7-12(18)11-17(2)15(19)13-8-4-5-9-14(13)16(20)21/h12-14H,3-11H2,1-2H3,(H,20,21). The van der Waals surface area contributed by atoms with Gasteiger partial charge in [-0.15, -0.1) is 0 Å². The fraction of sp³-hybridized carbons (Fsp3) is 0.875. The van der Waals surface area contributed by atoms with Crippen molar-refractivity contribution in [1.29, 1.82) is 0 Å². The van der Waals surface area contributed by atoms with Gasteiger partial charge in [0.25, 0.3) is 0 Å². The van der Waals surface area contributed by atoms with E-state index in [4.69, 9.17) is 0 Å². The summed E-state index contributed by atoms with van der Waals surface area (Å²) in [6.45, 7) is 5.02. The molecule has 2 rings (SSSR count). The van der Waals surface area contributed by atoms with Crippen LogP contribution < -0.4 is 0 Å². The van der Waals surface area contributed by atoms with Gasteiger partial charge in [-0.3, -0.25) is 14.5 Å². The van der Waals surface area contributed by atoms with E-state index in [0.29, 0.717) is 12.5 Å². The van der Waals surface area contributed by atoms with E-state index < -0.39 is 11.9 Å². The van der Waals surface area contributed by atoms with Crippen molar-refractivity contribution in [2.75, 3.05) is 26.7 Å². The highest BCUT2D eigenvalue weighted by atomic mass is 16.4. The highest BCUT2D eigenvalue weighted by Gasteiger charge is 2.38. The summed E-state index contributed by atoms with van der Waals surface area (Å²) in [6.07, 6.45) is 5.60. The molecule has 1 heterocycles. The lowest BCUT2D eigenvalue weighted by molar-refractivity contribution is -0.152. The Balaban J connectivity index is 1.95. The molecule has 0 aromatic heterocycles. The average Bonchev–Trinajstić information content (AvgIpc) is 2.93. The minimum atomic E-state index is -0.808. The van der Waals surface area contributed by atoms with E-state index in [1.165, 1.54) is 6.42 Å². The van der Waals surface area contributed by atoms with Crippen molar-refractivity contribution in [3.05, 3.63) is 0 Å². The van der Waals surface area contributed by atoms with Gasteiger partial charge in [0.1, 0.15) is 0 Å². The molecule has 0 radical (unpaired) electrons. The number of aliphatic carboxylic acids is 1. The Bertz CT molecular complexity index is 386. The second-order valence-corrected chi connectivity index (χ2v) is 6.48. The molecule has 1 N–H and O–H groups in total. The zero-order valence-electron chi connectivity index (χ0n) is 13.3. The van der Waals surface area contributed by atoms with Gasteiger partial charge in [0, 0.05) is 19.6 Å². The maximum Gasteiger partial charge on any atom is 0.307 e. The zero-order valence-corrected chi connectivity index (χ0v) is 13.3. The lowest BCUT2D eigenvalue weighted by Crippen LogP contribution is -2.46. The number of rotatable bonds is 5. The van der Waals surface area contributed by atoms with Crippen LogP contribution in [-0.4, -0.2) is 59.5 Å². The van der Waals surface area contributed by atoms with E-state index in [0.717, 1.165) is 45.3 Å². The summed E-state index contributed by atoms with van der Waals surface area (Å²) in [7, 11) is 1.84. The van der Waals surface area contributed by atoms with Crippen molar-refractivity contribution in [1.82, 2.24) is 9.80 Å². The van der Waals surface area contributed by atoms with Crippen molar-refractivity contribution >= 4 is 11.9 Å². The summed E-state index contributed by atoms with van der Waals surface area (Å²) in [5.41, 5.74) is 0. The quantitative estimate of drug-likeness (QED) is 0.840. The number of carboxylic acid groups (broad SMARTS) is 1. The van der Waals surface area contributed by atoms with Crippen molar-refractivity contribution in [3.8, 4) is 0 Å². The predicted molar refractivity (Wildman–Crippen MR) is 81.0 cm³/mol. The first-order chi connectivity index (χ1) is 10.0. The van der Waals surface area contributed by atoms with E-state index in [-0.39, 0.29) is 11.8 Å². The number of likely N-dealkylation sites (tertiary alicyclic amines) is 1. The third kappa shape index (κ3) is 3.76. The first-order valence-corrected chi connectivity index (χ1v) is 8.26. The minimum absolute atomic E-state index is 0.0325. The van der Waals surface area contributed by atoms with Gasteiger partial charge in [-0.05, 0) is 38.8 Å². The van der Waals surface area contributed by atoms with Crippen molar-refractivity contribution in [2.24, 2.45) is 11.8 Å². The second kappa shape index (κ2) is 7.25. The Labute approximate surface area is 127 Å². The van der Waals surface area contributed by atoms with Crippen LogP contribution in [0.1, 0.15) is 45.4 Å². The van der Waals surface area contributed by atoms with E-state index in [9.17, 15) is 14.7 Å². The van der Waals surface area contributed by atoms with Gasteiger partial charge in [-0.1, -0.05) is 19.8 Å². The van der Waals surface area contributed by atoms with Crippen LogP contribution in [0.15, 0.2) is 0 Å². The zero-order chi connectivity index (χ0) is 15.4. The van der Waals surface area contributed by atoms with Gasteiger partial charge in [-0.2, -0.15) is 0 Å². The molecule has 3 unspecified atom stereocenters. The van der Waals surface area contributed by atoms with Crippen molar-refractivity contribution in [3.63, 3.8) is 0 Å². The molecule has 1 saturated heterocycles. The lowest BCUT2D eigenvalue weighted by Gasteiger charge is -2.33. The molecule has 2 fully saturated rings. The Morgan fingerprint density at radius 2 is 1.81 bits per heavy atom. The molecule has 1 saturated carbocycles. The van der Waals surface area contributed by atoms with Gasteiger partial charge >= 0.3 is 5.97 Å². The summed E-state index contributed by atoms with van der Waals surface area (Å²) < 4.78 is 0. The highest BCUT2D eigenvalue weighted by molar-refractivity contribution is 5.84. The molecule has 1 aliphatic carbocycles. The first kappa shape index (κ1) is 16.3. The molecule has 2 aliphatic rings. The fourth-order valence-electron chi connectivity index (χ4n) is 3.93. The van der Waals surface area contributed by atoms with Gasteiger partial charge < -0.3 is 10.0 Å². The molecule has 0 aromatic carbocycles. The third-order valence-electron chi connectivity index (χ3n) is 5.17. The third-order valence-corrected chi connectivity index (χ3v) is 5.17. The van der Waals surface area contributed by atoms with E-state index in [1.807, 2.05) is 7.05 Å². The molecular formula is C16H28N2O3. The average molecular weight is 296 g/mol. The first-order valence-electron chi connectivity index (χ1n) is 8.26. The SMILES string of the molecule is CCN1CCCC1CN(C)C(=O)C1CCCCC1C(=O)O. The van der Waals surface area contributed by atoms with E-state index >= 15 is 0 Å². The number of hydrogen-bond donors (Lipinski definition) is 1. The molecule has 21 heavy (non-hydrogen) atoms. The number of amides is 1. The van der Waals surface area contributed by atoms with Gasteiger partial charge in [0.15, 0.2) is 0 Å². The fourth-order valence-corrected chi connectivity index (χ4v) is 3.93. The monoisotopic (exact) mass is 296 g/mol. The van der Waals surface area contributed by atoms with Crippen LogP contribution in [0.3, 0.4) is 0 Å². The van der Waals surface area contributed by atoms with Gasteiger partial charge in [0.05, 0.1) is 11.8 Å². The maximum absolute atomic E-state index is 12.6. The summed E-state index contributed by atoms with van der Waals surface area (Å²) in [4.78, 5) is 28.2. The Kier molecular flexibility index (Phi) is 5.62. The molecule has 1 amide bonds. The number of carbonyl (C=O) groups excluding carboxylic acids is 1. The molecule has 0 spiro atoms. The van der Waals surface area contributed by atoms with E-state index in [2.05, 4.69) is 11.8 Å². The van der Waals surface area contributed by atoms with Crippen LogP contribution in [0.25, 0.3) is 0 Å². The summed E-state index contributed by atoms with van der Waals surface area (Å²) >= 11 is 0. The highest BCUT2D eigenvalue weighted by Crippen LogP contribution is 2.32. The van der Waals surface area contributed by atoms with Gasteiger partial charge in [-0.25, -0.2) is 0 Å². The smallest absolute Gasteiger partial charge is 0.307 e. The largest absolute Gasteiger partial charge is 0.481 e. The molecule has 1 aliphatic heterocycles. The van der Waals surface area contributed by atoms with Crippen LogP contribution in [0.5, 0.6) is 0 Å². The molecule has 5 heteroatoms. The minimum Gasteiger partial charge on any atom is -0.481 e. The molecule has 3 atom stereocenters. The molecule has 5 nitrogen and oxygen atoms in total. The molecular weight excluding hydrogens is 268 g/mol. The van der Waals surface area contributed by atoms with Gasteiger partial charge in [0.2, 0.25) is 5.91 Å². The predicted octanol–water partition coefficient (Wildman–Crippen LogP) is 1.82. The van der Waals surface area contributed by atoms with Crippen LogP contribution in [0.2, 0.25) is 0 Å². The van der Waals surface area contributed by atoms with Crippen molar-refractivity contribution in [2.45, 2.75) is 51.5 Å². The lowest BCUT2D eigenvalue weighted by atomic mass is 9.78. The Hall–Kier alpha value is -1.10. The second-order valence-electron chi connectivity index (χ2n) is 6.48. The van der Waals surface area contributed by atoms with E-state index in [1.54, 1.807) is 4.90 Å². The Morgan fingerprint density at radius 1 is 1.14 bits per heavy atom. The summed E-state index contributed by atoms with van der Waals surface area (Å²) in [6, 6.07) is 0.441. The summed E-state index contributed by atoms with van der Waals surface area (Å²) in [5, 5.41) is 9.32. The van der Waals surface area contributed by atoms with Crippen LogP contribution in [-0.2, 0) is 9.59 Å².